The third kappa shape index (κ3) is 7.39. The molecular formula is C23H28FIN6O2. The van der Waals surface area contributed by atoms with Crippen LogP contribution in [0.25, 0.3) is 0 Å². The Morgan fingerprint density at radius 1 is 1.12 bits per heavy atom. The van der Waals surface area contributed by atoms with Crippen molar-refractivity contribution in [3.05, 3.63) is 72.0 Å². The first-order valence-electron chi connectivity index (χ1n) is 10.7. The lowest BCUT2D eigenvalue weighted by Crippen LogP contribution is -2.52. The summed E-state index contributed by atoms with van der Waals surface area (Å²) in [7, 11) is 0. The number of rotatable bonds is 7. The number of halogens is 2. The molecule has 1 aliphatic rings. The number of aliphatic imine (C=N–C) groups is 1. The first kappa shape index (κ1) is 24.9. The highest BCUT2D eigenvalue weighted by atomic mass is 127. The number of pyridine rings is 1. The van der Waals surface area contributed by atoms with Gasteiger partial charge in [-0.3, -0.25) is 4.90 Å². The number of guanidine groups is 1. The monoisotopic (exact) mass is 566 g/mol. The van der Waals surface area contributed by atoms with E-state index in [9.17, 15) is 4.39 Å². The smallest absolute Gasteiger partial charge is 0.219 e. The van der Waals surface area contributed by atoms with E-state index < -0.39 is 0 Å². The van der Waals surface area contributed by atoms with Crippen LogP contribution in [0.4, 0.5) is 4.39 Å². The number of hydrogen-bond donors (Lipinski definition) is 1. The molecule has 0 spiro atoms. The van der Waals surface area contributed by atoms with Crippen molar-refractivity contribution in [3.63, 3.8) is 0 Å². The van der Waals surface area contributed by atoms with Crippen LogP contribution < -0.4 is 10.1 Å². The van der Waals surface area contributed by atoms with Gasteiger partial charge >= 0.3 is 0 Å². The molecule has 0 aliphatic carbocycles. The fraction of sp³-hybridized carbons (Fsp3) is 0.348. The van der Waals surface area contributed by atoms with Crippen LogP contribution in [0, 0.1) is 5.82 Å². The van der Waals surface area contributed by atoms with Crippen molar-refractivity contribution in [2.75, 3.05) is 32.7 Å². The summed E-state index contributed by atoms with van der Waals surface area (Å²) in [5, 5.41) is 7.38. The average molecular weight is 566 g/mol. The molecule has 8 nitrogen and oxygen atoms in total. The van der Waals surface area contributed by atoms with E-state index in [-0.39, 0.29) is 29.8 Å². The molecule has 1 aromatic carbocycles. The maximum atomic E-state index is 13.0. The van der Waals surface area contributed by atoms with Crippen LogP contribution in [0.3, 0.4) is 0 Å². The second-order valence-corrected chi connectivity index (χ2v) is 7.48. The molecule has 4 rings (SSSR count). The number of nitrogens with zero attached hydrogens (tertiary/aromatic N) is 5. The summed E-state index contributed by atoms with van der Waals surface area (Å²) in [6.45, 7) is 7.86. The Kier molecular flexibility index (Phi) is 9.43. The molecule has 0 amide bonds. The molecule has 10 heteroatoms. The van der Waals surface area contributed by atoms with Crippen molar-refractivity contribution in [1.29, 1.82) is 0 Å². The van der Waals surface area contributed by atoms with E-state index in [1.165, 1.54) is 12.1 Å². The Labute approximate surface area is 209 Å². The molecule has 33 heavy (non-hydrogen) atoms. The Hall–Kier alpha value is -2.73. The van der Waals surface area contributed by atoms with Crippen LogP contribution in [-0.2, 0) is 13.1 Å². The third-order valence-electron chi connectivity index (χ3n) is 5.13. The molecule has 0 unspecified atom stereocenters. The molecule has 0 atom stereocenters. The SMILES string of the molecule is CCNC(=NCc1ccc(Oc2ccc(F)cc2)nc1)N1CCN(Cc2ccon2)CC1.I. The van der Waals surface area contributed by atoms with Gasteiger partial charge in [-0.25, -0.2) is 14.4 Å². The predicted octanol–water partition coefficient (Wildman–Crippen LogP) is 3.90. The minimum atomic E-state index is -0.300. The molecule has 0 radical (unpaired) electrons. The fourth-order valence-electron chi connectivity index (χ4n) is 3.45. The molecule has 1 saturated heterocycles. The first-order valence-corrected chi connectivity index (χ1v) is 10.7. The van der Waals surface area contributed by atoms with Crippen molar-refractivity contribution in [3.8, 4) is 11.6 Å². The van der Waals surface area contributed by atoms with Gasteiger partial charge < -0.3 is 19.5 Å². The molecule has 2 aromatic heterocycles. The normalized spacial score (nSPS) is 14.6. The van der Waals surface area contributed by atoms with Crippen molar-refractivity contribution < 1.29 is 13.7 Å². The number of nitrogens with one attached hydrogen (secondary N) is 1. The largest absolute Gasteiger partial charge is 0.439 e. The first-order chi connectivity index (χ1) is 15.7. The summed E-state index contributed by atoms with van der Waals surface area (Å²) in [4.78, 5) is 13.8. The predicted molar refractivity (Wildman–Crippen MR) is 134 cm³/mol. The number of benzene rings is 1. The lowest BCUT2D eigenvalue weighted by atomic mass is 10.3. The molecule has 1 N–H and O–H groups in total. The van der Waals surface area contributed by atoms with Crippen LogP contribution in [0.1, 0.15) is 18.2 Å². The van der Waals surface area contributed by atoms with Gasteiger partial charge in [-0.1, -0.05) is 11.2 Å². The van der Waals surface area contributed by atoms with Crippen LogP contribution in [0.5, 0.6) is 11.6 Å². The average Bonchev–Trinajstić information content (AvgIpc) is 3.33. The van der Waals surface area contributed by atoms with E-state index in [2.05, 4.69) is 32.2 Å². The molecule has 1 aliphatic heterocycles. The van der Waals surface area contributed by atoms with Gasteiger partial charge in [0.05, 0.1) is 12.2 Å². The summed E-state index contributed by atoms with van der Waals surface area (Å²) >= 11 is 0. The third-order valence-corrected chi connectivity index (χ3v) is 5.13. The number of hydrogen-bond acceptors (Lipinski definition) is 6. The van der Waals surface area contributed by atoms with Gasteiger partial charge in [-0.2, -0.15) is 0 Å². The van der Waals surface area contributed by atoms with Crippen LogP contribution in [-0.4, -0.2) is 58.6 Å². The minimum absolute atomic E-state index is 0. The van der Waals surface area contributed by atoms with E-state index in [0.717, 1.165) is 56.5 Å². The summed E-state index contributed by atoms with van der Waals surface area (Å²) in [5.74, 6) is 1.60. The summed E-state index contributed by atoms with van der Waals surface area (Å²) in [6.07, 6.45) is 3.36. The second kappa shape index (κ2) is 12.5. The van der Waals surface area contributed by atoms with Gasteiger partial charge in [0.1, 0.15) is 17.8 Å². The highest BCUT2D eigenvalue weighted by Crippen LogP contribution is 2.19. The Bertz CT molecular complexity index is 991. The zero-order valence-corrected chi connectivity index (χ0v) is 20.8. The van der Waals surface area contributed by atoms with Gasteiger partial charge in [0, 0.05) is 57.6 Å². The van der Waals surface area contributed by atoms with Crippen molar-refractivity contribution >= 4 is 29.9 Å². The van der Waals surface area contributed by atoms with Crippen molar-refractivity contribution in [2.45, 2.75) is 20.0 Å². The summed E-state index contributed by atoms with van der Waals surface area (Å²) in [5.41, 5.74) is 1.94. The lowest BCUT2D eigenvalue weighted by molar-refractivity contribution is 0.169. The molecule has 3 heterocycles. The maximum Gasteiger partial charge on any atom is 0.219 e. The van der Waals surface area contributed by atoms with Crippen LogP contribution >= 0.6 is 24.0 Å². The molecular weight excluding hydrogens is 538 g/mol. The highest BCUT2D eigenvalue weighted by Gasteiger charge is 2.20. The summed E-state index contributed by atoms with van der Waals surface area (Å²) in [6, 6.07) is 11.5. The quantitative estimate of drug-likeness (QED) is 0.264. The Morgan fingerprint density at radius 2 is 1.91 bits per heavy atom. The highest BCUT2D eigenvalue weighted by molar-refractivity contribution is 14.0. The van der Waals surface area contributed by atoms with E-state index in [0.29, 0.717) is 18.2 Å². The second-order valence-electron chi connectivity index (χ2n) is 7.48. The summed E-state index contributed by atoms with van der Waals surface area (Å²) < 4.78 is 23.6. The topological polar surface area (TPSA) is 79.0 Å². The van der Waals surface area contributed by atoms with Gasteiger partial charge in [0.25, 0.3) is 0 Å². The van der Waals surface area contributed by atoms with Crippen molar-refractivity contribution in [1.82, 2.24) is 25.3 Å². The molecule has 3 aromatic rings. The zero-order valence-electron chi connectivity index (χ0n) is 18.5. The number of ether oxygens (including phenoxy) is 1. The van der Waals surface area contributed by atoms with E-state index in [1.807, 2.05) is 12.1 Å². The van der Waals surface area contributed by atoms with Crippen LogP contribution in [0.15, 0.2) is 64.4 Å². The molecule has 0 bridgehead atoms. The standard InChI is InChI=1S/C23H27FN6O2.HI/c1-2-25-23(30-12-10-29(11-13-30)17-20-9-14-31-28-20)27-16-18-3-8-22(26-15-18)32-21-6-4-19(24)5-7-21;/h3-9,14-15H,2,10-13,16-17H2,1H3,(H,25,27);1H. The van der Waals surface area contributed by atoms with Gasteiger partial charge in [0.15, 0.2) is 5.96 Å². The molecule has 176 valence electrons. The van der Waals surface area contributed by atoms with Gasteiger partial charge in [-0.15, -0.1) is 24.0 Å². The number of piperazine rings is 1. The maximum absolute atomic E-state index is 13.0. The van der Waals surface area contributed by atoms with E-state index in [1.54, 1.807) is 30.7 Å². The lowest BCUT2D eigenvalue weighted by Gasteiger charge is -2.36. The molecule has 1 fully saturated rings. The van der Waals surface area contributed by atoms with Gasteiger partial charge in [0.2, 0.25) is 5.88 Å². The van der Waals surface area contributed by atoms with Crippen LogP contribution in [0.2, 0.25) is 0 Å². The number of aromatic nitrogens is 2. The van der Waals surface area contributed by atoms with Gasteiger partial charge in [-0.05, 0) is 36.8 Å². The minimum Gasteiger partial charge on any atom is -0.439 e. The Balaban J connectivity index is 0.00000306. The zero-order chi connectivity index (χ0) is 22.2. The fourth-order valence-corrected chi connectivity index (χ4v) is 3.45. The Morgan fingerprint density at radius 3 is 2.55 bits per heavy atom. The molecule has 0 saturated carbocycles. The van der Waals surface area contributed by atoms with Crippen molar-refractivity contribution in [2.24, 2.45) is 4.99 Å². The van der Waals surface area contributed by atoms with E-state index >= 15 is 0 Å². The van der Waals surface area contributed by atoms with E-state index in [4.69, 9.17) is 14.3 Å².